The summed E-state index contributed by atoms with van der Waals surface area (Å²) in [4.78, 5) is 2.34. The van der Waals surface area contributed by atoms with E-state index in [2.05, 4.69) is 31.0 Å². The highest BCUT2D eigenvalue weighted by atomic mass is 16.5. The molecular weight excluding hydrogens is 212 g/mol. The van der Waals surface area contributed by atoms with Crippen LogP contribution in [-0.2, 0) is 6.54 Å². The summed E-state index contributed by atoms with van der Waals surface area (Å²) < 4.78 is 5.14. The number of benzene rings is 1. The molecule has 0 spiro atoms. The van der Waals surface area contributed by atoms with Gasteiger partial charge < -0.3 is 15.4 Å². The molecule has 3 heteroatoms. The topological polar surface area (TPSA) is 38.5 Å². The molecule has 17 heavy (non-hydrogen) atoms. The van der Waals surface area contributed by atoms with Gasteiger partial charge in [-0.3, -0.25) is 0 Å². The molecule has 3 nitrogen and oxygen atoms in total. The number of hydrogen-bond donors (Lipinski definition) is 1. The zero-order chi connectivity index (χ0) is 12.7. The summed E-state index contributed by atoms with van der Waals surface area (Å²) in [6.07, 6.45) is 1.09. The minimum atomic E-state index is 0.656. The van der Waals surface area contributed by atoms with E-state index >= 15 is 0 Å². The zero-order valence-electron chi connectivity index (χ0n) is 11.1. The first-order valence-electron chi connectivity index (χ1n) is 6.17. The fraction of sp³-hybridized carbons (Fsp3) is 0.571. The van der Waals surface area contributed by atoms with Crippen molar-refractivity contribution >= 4 is 0 Å². The predicted octanol–water partition coefficient (Wildman–Crippen LogP) is 2.11. The lowest BCUT2D eigenvalue weighted by Gasteiger charge is -2.21. The third-order valence-electron chi connectivity index (χ3n) is 2.89. The van der Waals surface area contributed by atoms with Crippen molar-refractivity contribution in [2.45, 2.75) is 19.9 Å². The quantitative estimate of drug-likeness (QED) is 0.788. The first-order chi connectivity index (χ1) is 8.15. The van der Waals surface area contributed by atoms with Gasteiger partial charge in [-0.05, 0) is 43.6 Å². The molecule has 0 fully saturated rings. The Hall–Kier alpha value is -1.06. The second-order valence-electron chi connectivity index (χ2n) is 4.73. The normalized spacial score (nSPS) is 12.8. The number of methoxy groups -OCH3 is 1. The Balaban J connectivity index is 2.41. The lowest BCUT2D eigenvalue weighted by Crippen LogP contribution is -2.25. The van der Waals surface area contributed by atoms with Gasteiger partial charge >= 0.3 is 0 Å². The summed E-state index contributed by atoms with van der Waals surface area (Å²) in [5.74, 6) is 1.57. The lowest BCUT2D eigenvalue weighted by atomic mass is 10.1. The van der Waals surface area contributed by atoms with E-state index in [0.717, 1.165) is 31.8 Å². The van der Waals surface area contributed by atoms with Crippen LogP contribution in [0.4, 0.5) is 0 Å². The second-order valence-corrected chi connectivity index (χ2v) is 4.73. The molecule has 1 aromatic carbocycles. The third kappa shape index (κ3) is 5.20. The number of rotatable bonds is 7. The molecule has 0 saturated heterocycles. The van der Waals surface area contributed by atoms with E-state index in [1.54, 1.807) is 7.11 Å². The average Bonchev–Trinajstić information content (AvgIpc) is 2.30. The fourth-order valence-corrected chi connectivity index (χ4v) is 2.02. The summed E-state index contributed by atoms with van der Waals surface area (Å²) >= 11 is 0. The van der Waals surface area contributed by atoms with Crippen molar-refractivity contribution in [1.82, 2.24) is 4.90 Å². The molecule has 1 aromatic rings. The Morgan fingerprint density at radius 1 is 1.29 bits per heavy atom. The summed E-state index contributed by atoms with van der Waals surface area (Å²) in [7, 11) is 3.84. The number of nitrogens with zero attached hydrogens (tertiary/aromatic N) is 1. The summed E-state index contributed by atoms with van der Waals surface area (Å²) in [5, 5.41) is 0. The van der Waals surface area contributed by atoms with Crippen molar-refractivity contribution in [3.05, 3.63) is 29.8 Å². The van der Waals surface area contributed by atoms with Crippen molar-refractivity contribution in [2.24, 2.45) is 11.7 Å². The highest BCUT2D eigenvalue weighted by Crippen LogP contribution is 2.13. The van der Waals surface area contributed by atoms with Crippen LogP contribution in [0.3, 0.4) is 0 Å². The number of hydrogen-bond acceptors (Lipinski definition) is 3. The summed E-state index contributed by atoms with van der Waals surface area (Å²) in [6.45, 7) is 5.08. The van der Waals surface area contributed by atoms with Crippen LogP contribution in [0.25, 0.3) is 0 Å². The Bertz CT molecular complexity index is 311. The van der Waals surface area contributed by atoms with Gasteiger partial charge in [0.05, 0.1) is 7.11 Å². The SMILES string of the molecule is COc1ccc(CN(C)CC(C)CCN)cc1. The van der Waals surface area contributed by atoms with Crippen LogP contribution in [0.15, 0.2) is 24.3 Å². The second kappa shape index (κ2) is 7.30. The van der Waals surface area contributed by atoms with Crippen molar-refractivity contribution in [1.29, 1.82) is 0 Å². The minimum absolute atomic E-state index is 0.656. The minimum Gasteiger partial charge on any atom is -0.497 e. The first kappa shape index (κ1) is 14.0. The van der Waals surface area contributed by atoms with Gasteiger partial charge in [0.1, 0.15) is 5.75 Å². The van der Waals surface area contributed by atoms with Crippen molar-refractivity contribution in [3.63, 3.8) is 0 Å². The van der Waals surface area contributed by atoms with Crippen LogP contribution >= 0.6 is 0 Å². The van der Waals surface area contributed by atoms with E-state index in [9.17, 15) is 0 Å². The molecule has 0 radical (unpaired) electrons. The van der Waals surface area contributed by atoms with Crippen molar-refractivity contribution < 1.29 is 4.74 Å². The molecule has 0 aliphatic rings. The van der Waals surface area contributed by atoms with Crippen LogP contribution < -0.4 is 10.5 Å². The summed E-state index contributed by atoms with van der Waals surface area (Å²) in [5.41, 5.74) is 6.87. The lowest BCUT2D eigenvalue weighted by molar-refractivity contribution is 0.273. The largest absolute Gasteiger partial charge is 0.497 e. The van der Waals surface area contributed by atoms with Gasteiger partial charge in [0.15, 0.2) is 0 Å². The number of ether oxygens (including phenoxy) is 1. The molecule has 0 heterocycles. The maximum Gasteiger partial charge on any atom is 0.118 e. The van der Waals surface area contributed by atoms with Gasteiger partial charge in [0, 0.05) is 13.1 Å². The van der Waals surface area contributed by atoms with E-state index in [-0.39, 0.29) is 0 Å². The predicted molar refractivity (Wildman–Crippen MR) is 72.2 cm³/mol. The molecule has 0 saturated carbocycles. The molecule has 0 aliphatic carbocycles. The van der Waals surface area contributed by atoms with Gasteiger partial charge in [0.25, 0.3) is 0 Å². The molecule has 2 N–H and O–H groups in total. The van der Waals surface area contributed by atoms with Crippen molar-refractivity contribution in [3.8, 4) is 5.75 Å². The van der Waals surface area contributed by atoms with Crippen LogP contribution in [0.2, 0.25) is 0 Å². The molecule has 1 rings (SSSR count). The summed E-state index contributed by atoms with van der Waals surface area (Å²) in [6, 6.07) is 8.24. The van der Waals surface area contributed by atoms with Crippen LogP contribution in [0.5, 0.6) is 5.75 Å². The molecular formula is C14H24N2O. The molecule has 96 valence electrons. The molecule has 0 aliphatic heterocycles. The highest BCUT2D eigenvalue weighted by Gasteiger charge is 2.06. The van der Waals surface area contributed by atoms with Gasteiger partial charge in [-0.2, -0.15) is 0 Å². The van der Waals surface area contributed by atoms with Crippen LogP contribution in [0, 0.1) is 5.92 Å². The van der Waals surface area contributed by atoms with E-state index in [1.807, 2.05) is 12.1 Å². The van der Waals surface area contributed by atoms with Crippen LogP contribution in [-0.4, -0.2) is 32.1 Å². The molecule has 0 aromatic heterocycles. The average molecular weight is 236 g/mol. The molecule has 0 bridgehead atoms. The third-order valence-corrected chi connectivity index (χ3v) is 2.89. The molecule has 1 unspecified atom stereocenters. The van der Waals surface area contributed by atoms with Gasteiger partial charge in [-0.1, -0.05) is 19.1 Å². The maximum absolute atomic E-state index is 5.56. The van der Waals surface area contributed by atoms with E-state index in [1.165, 1.54) is 5.56 Å². The monoisotopic (exact) mass is 236 g/mol. The van der Waals surface area contributed by atoms with Gasteiger partial charge in [0.2, 0.25) is 0 Å². The zero-order valence-corrected chi connectivity index (χ0v) is 11.1. The first-order valence-corrected chi connectivity index (χ1v) is 6.17. The number of nitrogens with two attached hydrogens (primary N) is 1. The van der Waals surface area contributed by atoms with E-state index in [4.69, 9.17) is 10.5 Å². The van der Waals surface area contributed by atoms with Gasteiger partial charge in [-0.15, -0.1) is 0 Å². The van der Waals surface area contributed by atoms with Gasteiger partial charge in [-0.25, -0.2) is 0 Å². The fourth-order valence-electron chi connectivity index (χ4n) is 2.02. The van der Waals surface area contributed by atoms with Crippen molar-refractivity contribution in [2.75, 3.05) is 27.2 Å². The Morgan fingerprint density at radius 2 is 1.94 bits per heavy atom. The maximum atomic E-state index is 5.56. The molecule has 0 amide bonds. The molecule has 1 atom stereocenters. The highest BCUT2D eigenvalue weighted by molar-refractivity contribution is 5.26. The Kier molecular flexibility index (Phi) is 6.01. The smallest absolute Gasteiger partial charge is 0.118 e. The van der Waals surface area contributed by atoms with E-state index < -0.39 is 0 Å². The van der Waals surface area contributed by atoms with E-state index in [0.29, 0.717) is 5.92 Å². The Labute approximate surface area is 105 Å². The standard InChI is InChI=1S/C14H24N2O/c1-12(8-9-15)10-16(2)11-13-4-6-14(17-3)7-5-13/h4-7,12H,8-11,15H2,1-3H3. The Morgan fingerprint density at radius 3 is 2.47 bits per heavy atom. The van der Waals surface area contributed by atoms with Crippen LogP contribution in [0.1, 0.15) is 18.9 Å².